The van der Waals surface area contributed by atoms with Gasteiger partial charge in [0.05, 0.1) is 5.69 Å². The Morgan fingerprint density at radius 3 is 2.81 bits per heavy atom. The van der Waals surface area contributed by atoms with Crippen LogP contribution in [0.4, 0.5) is 5.69 Å². The lowest BCUT2D eigenvalue weighted by molar-refractivity contribution is 0.746. The SMILES string of the molecule is Cc1cc(Cl)nc(Cl)c1NC1CSC(C)C1. The molecular weight excluding hydrogens is 263 g/mol. The van der Waals surface area contributed by atoms with Gasteiger partial charge in [-0.3, -0.25) is 0 Å². The van der Waals surface area contributed by atoms with E-state index in [1.54, 1.807) is 0 Å². The van der Waals surface area contributed by atoms with Gasteiger partial charge in [-0.05, 0) is 25.0 Å². The quantitative estimate of drug-likeness (QED) is 0.827. The highest BCUT2D eigenvalue weighted by molar-refractivity contribution is 8.00. The van der Waals surface area contributed by atoms with Crippen LogP contribution in [0.15, 0.2) is 6.07 Å². The van der Waals surface area contributed by atoms with Crippen molar-refractivity contribution in [3.63, 3.8) is 0 Å². The van der Waals surface area contributed by atoms with Crippen molar-refractivity contribution in [1.29, 1.82) is 0 Å². The van der Waals surface area contributed by atoms with E-state index >= 15 is 0 Å². The first-order valence-corrected chi connectivity index (χ1v) is 7.07. The van der Waals surface area contributed by atoms with Gasteiger partial charge < -0.3 is 5.32 Å². The number of nitrogens with zero attached hydrogens (tertiary/aromatic N) is 1. The minimum Gasteiger partial charge on any atom is -0.379 e. The maximum absolute atomic E-state index is 6.08. The number of hydrogen-bond donors (Lipinski definition) is 1. The smallest absolute Gasteiger partial charge is 0.154 e. The normalized spacial score (nSPS) is 24.8. The van der Waals surface area contributed by atoms with Crippen molar-refractivity contribution >= 4 is 40.7 Å². The van der Waals surface area contributed by atoms with E-state index in [1.165, 1.54) is 6.42 Å². The predicted octanol–water partition coefficient (Wildman–Crippen LogP) is 4.00. The fraction of sp³-hybridized carbons (Fsp3) is 0.545. The van der Waals surface area contributed by atoms with Crippen LogP contribution < -0.4 is 5.32 Å². The molecule has 88 valence electrons. The first-order valence-electron chi connectivity index (χ1n) is 5.27. The van der Waals surface area contributed by atoms with Crippen LogP contribution in [0.5, 0.6) is 0 Å². The summed E-state index contributed by atoms with van der Waals surface area (Å²) in [7, 11) is 0. The van der Waals surface area contributed by atoms with E-state index < -0.39 is 0 Å². The second-order valence-corrected chi connectivity index (χ2v) is 6.37. The van der Waals surface area contributed by atoms with Crippen molar-refractivity contribution in [2.45, 2.75) is 31.6 Å². The Kier molecular flexibility index (Phi) is 3.88. The van der Waals surface area contributed by atoms with Crippen molar-refractivity contribution in [1.82, 2.24) is 4.98 Å². The van der Waals surface area contributed by atoms with Crippen LogP contribution in [-0.4, -0.2) is 22.0 Å². The standard InChI is InChI=1S/C11H14Cl2N2S/c1-6-3-9(12)15-11(13)10(6)14-8-4-7(2)16-5-8/h3,7-8,14H,4-5H2,1-2H3. The highest BCUT2D eigenvalue weighted by Gasteiger charge is 2.23. The van der Waals surface area contributed by atoms with E-state index in [-0.39, 0.29) is 0 Å². The van der Waals surface area contributed by atoms with E-state index in [2.05, 4.69) is 17.2 Å². The summed E-state index contributed by atoms with van der Waals surface area (Å²) in [6, 6.07) is 2.32. The summed E-state index contributed by atoms with van der Waals surface area (Å²) in [5.74, 6) is 1.12. The molecule has 0 radical (unpaired) electrons. The molecule has 0 aromatic carbocycles. The summed E-state index contributed by atoms with van der Waals surface area (Å²) < 4.78 is 0. The molecular formula is C11H14Cl2N2S. The fourth-order valence-corrected chi connectivity index (χ4v) is 3.63. The number of anilines is 1. The van der Waals surface area contributed by atoms with Crippen LogP contribution in [-0.2, 0) is 0 Å². The Labute approximate surface area is 110 Å². The average Bonchev–Trinajstić information content (AvgIpc) is 2.58. The molecule has 1 N–H and O–H groups in total. The van der Waals surface area contributed by atoms with Crippen LogP contribution in [0.1, 0.15) is 18.9 Å². The maximum atomic E-state index is 6.08. The van der Waals surface area contributed by atoms with Gasteiger partial charge in [-0.15, -0.1) is 0 Å². The number of pyridine rings is 1. The molecule has 16 heavy (non-hydrogen) atoms. The Morgan fingerprint density at radius 1 is 1.50 bits per heavy atom. The lowest BCUT2D eigenvalue weighted by Gasteiger charge is -2.16. The molecule has 0 saturated carbocycles. The summed E-state index contributed by atoms with van der Waals surface area (Å²) in [5, 5.41) is 5.09. The van der Waals surface area contributed by atoms with E-state index in [9.17, 15) is 0 Å². The molecule has 2 nitrogen and oxygen atoms in total. The Bertz CT molecular complexity index is 375. The number of thioether (sulfide) groups is 1. The number of aryl methyl sites for hydroxylation is 1. The minimum atomic E-state index is 0.446. The molecule has 1 aliphatic heterocycles. The van der Waals surface area contributed by atoms with Gasteiger partial charge in [-0.25, -0.2) is 4.98 Å². The van der Waals surface area contributed by atoms with Crippen LogP contribution >= 0.6 is 35.0 Å². The highest BCUT2D eigenvalue weighted by Crippen LogP contribution is 2.32. The molecule has 0 bridgehead atoms. The average molecular weight is 277 g/mol. The molecule has 0 aliphatic carbocycles. The largest absolute Gasteiger partial charge is 0.379 e. The van der Waals surface area contributed by atoms with Gasteiger partial charge in [-0.2, -0.15) is 11.8 Å². The third-order valence-corrected chi connectivity index (χ3v) is 4.51. The van der Waals surface area contributed by atoms with Crippen LogP contribution in [0.25, 0.3) is 0 Å². The lowest BCUT2D eigenvalue weighted by atomic mass is 10.1. The van der Waals surface area contributed by atoms with Crippen LogP contribution in [0.2, 0.25) is 10.3 Å². The first kappa shape index (κ1) is 12.3. The number of halogens is 2. The highest BCUT2D eigenvalue weighted by atomic mass is 35.5. The first-order chi connectivity index (χ1) is 7.56. The second-order valence-electron chi connectivity index (χ2n) is 4.15. The lowest BCUT2D eigenvalue weighted by Crippen LogP contribution is -2.20. The summed E-state index contributed by atoms with van der Waals surface area (Å²) >= 11 is 13.9. The molecule has 1 aromatic rings. The third-order valence-electron chi connectivity index (χ3n) is 2.69. The maximum Gasteiger partial charge on any atom is 0.154 e. The predicted molar refractivity (Wildman–Crippen MR) is 72.9 cm³/mol. The molecule has 2 atom stereocenters. The van der Waals surface area contributed by atoms with E-state index in [0.29, 0.717) is 16.3 Å². The number of hydrogen-bond acceptors (Lipinski definition) is 3. The van der Waals surface area contributed by atoms with Gasteiger partial charge >= 0.3 is 0 Å². The van der Waals surface area contributed by atoms with Crippen molar-refractivity contribution in [2.75, 3.05) is 11.1 Å². The Morgan fingerprint density at radius 2 is 2.25 bits per heavy atom. The van der Waals surface area contributed by atoms with Crippen molar-refractivity contribution in [3.8, 4) is 0 Å². The summed E-state index contributed by atoms with van der Waals surface area (Å²) in [6.07, 6.45) is 1.17. The molecule has 0 spiro atoms. The zero-order valence-electron chi connectivity index (χ0n) is 9.26. The van der Waals surface area contributed by atoms with E-state index in [1.807, 2.05) is 24.8 Å². The summed E-state index contributed by atoms with van der Waals surface area (Å²) in [4.78, 5) is 4.06. The number of nitrogens with one attached hydrogen (secondary N) is 1. The number of aromatic nitrogens is 1. The Hall–Kier alpha value is -0.120. The minimum absolute atomic E-state index is 0.446. The zero-order chi connectivity index (χ0) is 11.7. The zero-order valence-corrected chi connectivity index (χ0v) is 11.6. The number of rotatable bonds is 2. The van der Waals surface area contributed by atoms with Crippen molar-refractivity contribution in [3.05, 3.63) is 21.9 Å². The molecule has 1 fully saturated rings. The van der Waals surface area contributed by atoms with Crippen molar-refractivity contribution < 1.29 is 0 Å². The summed E-state index contributed by atoms with van der Waals surface area (Å²) in [6.45, 7) is 4.24. The van der Waals surface area contributed by atoms with Gasteiger partial charge in [0, 0.05) is 17.0 Å². The third kappa shape index (κ3) is 2.76. The van der Waals surface area contributed by atoms with Gasteiger partial charge in [0.15, 0.2) is 5.15 Å². The van der Waals surface area contributed by atoms with E-state index in [0.717, 1.165) is 22.3 Å². The molecule has 5 heteroatoms. The van der Waals surface area contributed by atoms with Gasteiger partial charge in [0.1, 0.15) is 5.15 Å². The van der Waals surface area contributed by atoms with Gasteiger partial charge in [0.2, 0.25) is 0 Å². The summed E-state index contributed by atoms with van der Waals surface area (Å²) in [5.41, 5.74) is 1.97. The van der Waals surface area contributed by atoms with Crippen LogP contribution in [0, 0.1) is 6.92 Å². The van der Waals surface area contributed by atoms with Crippen molar-refractivity contribution in [2.24, 2.45) is 0 Å². The molecule has 1 aliphatic rings. The Balaban J connectivity index is 2.15. The van der Waals surface area contributed by atoms with E-state index in [4.69, 9.17) is 23.2 Å². The monoisotopic (exact) mass is 276 g/mol. The van der Waals surface area contributed by atoms with Crippen LogP contribution in [0.3, 0.4) is 0 Å². The molecule has 1 aromatic heterocycles. The fourth-order valence-electron chi connectivity index (χ4n) is 1.89. The molecule has 2 unspecified atom stereocenters. The topological polar surface area (TPSA) is 24.9 Å². The molecule has 0 amide bonds. The molecule has 2 rings (SSSR count). The van der Waals surface area contributed by atoms with Gasteiger partial charge in [0.25, 0.3) is 0 Å². The van der Waals surface area contributed by atoms with Gasteiger partial charge in [-0.1, -0.05) is 30.1 Å². The molecule has 2 heterocycles. The molecule has 1 saturated heterocycles. The second kappa shape index (κ2) is 5.03.